The SMILES string of the molecule is CNCc1cc(Br)cc(S(=O)(=O)N2CCCCC2C)c1F. The standard InChI is InChI=1S/C14H20BrFN2O2S/c1-10-5-3-4-6-18(10)21(19,20)13-8-12(15)7-11(9-17-2)14(13)16/h7-8,10,17H,3-6,9H2,1-2H3. The van der Waals surface area contributed by atoms with E-state index in [9.17, 15) is 12.8 Å². The lowest BCUT2D eigenvalue weighted by molar-refractivity contribution is 0.268. The molecule has 1 aromatic carbocycles. The average Bonchev–Trinajstić information content (AvgIpc) is 2.43. The van der Waals surface area contributed by atoms with E-state index in [2.05, 4.69) is 21.2 Å². The highest BCUT2D eigenvalue weighted by molar-refractivity contribution is 9.10. The van der Waals surface area contributed by atoms with Gasteiger partial charge in [0.2, 0.25) is 10.0 Å². The summed E-state index contributed by atoms with van der Waals surface area (Å²) in [5.41, 5.74) is 0.343. The zero-order valence-electron chi connectivity index (χ0n) is 12.2. The molecule has 1 fully saturated rings. The highest BCUT2D eigenvalue weighted by Crippen LogP contribution is 2.30. The summed E-state index contributed by atoms with van der Waals surface area (Å²) in [7, 11) is -2.11. The first-order valence-corrected chi connectivity index (χ1v) is 9.25. The van der Waals surface area contributed by atoms with E-state index in [1.54, 1.807) is 13.1 Å². The van der Waals surface area contributed by atoms with Gasteiger partial charge < -0.3 is 5.32 Å². The van der Waals surface area contributed by atoms with Gasteiger partial charge in [0.25, 0.3) is 0 Å². The van der Waals surface area contributed by atoms with Crippen LogP contribution < -0.4 is 5.32 Å². The van der Waals surface area contributed by atoms with Crippen molar-refractivity contribution in [3.8, 4) is 0 Å². The van der Waals surface area contributed by atoms with Gasteiger partial charge in [0.1, 0.15) is 10.7 Å². The summed E-state index contributed by atoms with van der Waals surface area (Å²) in [6, 6.07) is 2.87. The van der Waals surface area contributed by atoms with Crippen LogP contribution in [-0.4, -0.2) is 32.4 Å². The fourth-order valence-corrected chi connectivity index (χ4v) is 5.17. The highest BCUT2D eigenvalue weighted by Gasteiger charge is 2.33. The van der Waals surface area contributed by atoms with Gasteiger partial charge >= 0.3 is 0 Å². The molecular formula is C14H20BrFN2O2S. The van der Waals surface area contributed by atoms with Gasteiger partial charge in [-0.1, -0.05) is 22.4 Å². The van der Waals surface area contributed by atoms with Crippen molar-refractivity contribution in [1.29, 1.82) is 0 Å². The molecule has 0 amide bonds. The van der Waals surface area contributed by atoms with E-state index in [1.165, 1.54) is 10.4 Å². The number of hydrogen-bond donors (Lipinski definition) is 1. The Bertz CT molecular complexity index is 622. The lowest BCUT2D eigenvalue weighted by Crippen LogP contribution is -2.42. The van der Waals surface area contributed by atoms with Crippen LogP contribution in [0.3, 0.4) is 0 Å². The van der Waals surface area contributed by atoms with Gasteiger partial charge in [-0.15, -0.1) is 0 Å². The Kier molecular flexibility index (Phi) is 5.40. The van der Waals surface area contributed by atoms with Gasteiger partial charge in [0, 0.05) is 29.2 Å². The van der Waals surface area contributed by atoms with Crippen LogP contribution in [0.15, 0.2) is 21.5 Å². The number of rotatable bonds is 4. The lowest BCUT2D eigenvalue weighted by Gasteiger charge is -2.32. The number of benzene rings is 1. The molecule has 1 atom stereocenters. The maximum atomic E-state index is 14.6. The third kappa shape index (κ3) is 3.47. The summed E-state index contributed by atoms with van der Waals surface area (Å²) in [5, 5.41) is 2.85. The first-order valence-electron chi connectivity index (χ1n) is 7.02. The van der Waals surface area contributed by atoms with Gasteiger partial charge in [0.05, 0.1) is 0 Å². The van der Waals surface area contributed by atoms with Gasteiger partial charge in [-0.3, -0.25) is 0 Å². The lowest BCUT2D eigenvalue weighted by atomic mass is 10.1. The molecule has 1 aliphatic heterocycles. The normalized spacial score (nSPS) is 20.7. The van der Waals surface area contributed by atoms with Crippen LogP contribution in [0, 0.1) is 5.82 Å². The maximum Gasteiger partial charge on any atom is 0.246 e. The second-order valence-corrected chi connectivity index (χ2v) is 8.14. The van der Waals surface area contributed by atoms with Gasteiger partial charge in [-0.05, 0) is 38.9 Å². The second kappa shape index (κ2) is 6.73. The molecule has 118 valence electrons. The molecule has 7 heteroatoms. The van der Waals surface area contributed by atoms with Crippen LogP contribution in [0.1, 0.15) is 31.7 Å². The van der Waals surface area contributed by atoms with Crippen molar-refractivity contribution in [2.45, 2.75) is 43.7 Å². The van der Waals surface area contributed by atoms with E-state index in [-0.39, 0.29) is 17.5 Å². The van der Waals surface area contributed by atoms with E-state index >= 15 is 0 Å². The van der Waals surface area contributed by atoms with Crippen LogP contribution in [0.5, 0.6) is 0 Å². The number of hydrogen-bond acceptors (Lipinski definition) is 3. The molecule has 1 heterocycles. The van der Waals surface area contributed by atoms with Crippen molar-refractivity contribution in [3.05, 3.63) is 28.0 Å². The molecule has 1 aliphatic rings. The Balaban J connectivity index is 2.49. The summed E-state index contributed by atoms with van der Waals surface area (Å²) >= 11 is 3.27. The first kappa shape index (κ1) is 16.9. The fraction of sp³-hybridized carbons (Fsp3) is 0.571. The van der Waals surface area contributed by atoms with Crippen LogP contribution in [0.4, 0.5) is 4.39 Å². The molecule has 21 heavy (non-hydrogen) atoms. The Labute approximate surface area is 133 Å². The number of sulfonamides is 1. The minimum absolute atomic E-state index is 0.0881. The third-order valence-corrected chi connectivity index (χ3v) is 6.25. The van der Waals surface area contributed by atoms with Crippen LogP contribution in [0.2, 0.25) is 0 Å². The molecule has 1 aromatic rings. The average molecular weight is 379 g/mol. The van der Waals surface area contributed by atoms with Crippen LogP contribution in [0.25, 0.3) is 0 Å². The second-order valence-electron chi connectivity index (χ2n) is 5.37. The Morgan fingerprint density at radius 2 is 2.14 bits per heavy atom. The number of nitrogens with one attached hydrogen (secondary N) is 1. The number of nitrogens with zero attached hydrogens (tertiary/aromatic N) is 1. The maximum absolute atomic E-state index is 14.6. The summed E-state index contributed by atoms with van der Waals surface area (Å²) in [6.07, 6.45) is 2.65. The van der Waals surface area contributed by atoms with Crippen LogP contribution in [-0.2, 0) is 16.6 Å². The highest BCUT2D eigenvalue weighted by atomic mass is 79.9. The molecule has 2 rings (SSSR count). The molecule has 0 bridgehead atoms. The van der Waals surface area contributed by atoms with E-state index in [0.29, 0.717) is 16.6 Å². The minimum Gasteiger partial charge on any atom is -0.316 e. The van der Waals surface area contributed by atoms with Gasteiger partial charge in [0.15, 0.2) is 0 Å². The molecule has 0 aromatic heterocycles. The molecule has 1 saturated heterocycles. The molecular weight excluding hydrogens is 359 g/mol. The van der Waals surface area contributed by atoms with Crippen molar-refractivity contribution >= 4 is 26.0 Å². The fourth-order valence-electron chi connectivity index (χ4n) is 2.68. The largest absolute Gasteiger partial charge is 0.316 e. The zero-order chi connectivity index (χ0) is 15.6. The molecule has 0 aliphatic carbocycles. The van der Waals surface area contributed by atoms with E-state index in [0.717, 1.165) is 19.3 Å². The zero-order valence-corrected chi connectivity index (χ0v) is 14.6. The number of piperidine rings is 1. The summed E-state index contributed by atoms with van der Waals surface area (Å²) < 4.78 is 42.1. The van der Waals surface area contributed by atoms with Gasteiger partial charge in [-0.25, -0.2) is 12.8 Å². The molecule has 0 spiro atoms. The van der Waals surface area contributed by atoms with E-state index in [1.807, 2.05) is 6.92 Å². The van der Waals surface area contributed by atoms with E-state index in [4.69, 9.17) is 0 Å². The van der Waals surface area contributed by atoms with Crippen molar-refractivity contribution in [1.82, 2.24) is 9.62 Å². The summed E-state index contributed by atoms with van der Waals surface area (Å²) in [4.78, 5) is -0.240. The minimum atomic E-state index is -3.80. The Hall–Kier alpha value is -0.500. The Morgan fingerprint density at radius 3 is 2.76 bits per heavy atom. The molecule has 0 saturated carbocycles. The monoisotopic (exact) mass is 378 g/mol. The number of halogens is 2. The predicted octanol–water partition coefficient (Wildman–Crippen LogP) is 2.87. The predicted molar refractivity (Wildman–Crippen MR) is 84.1 cm³/mol. The molecule has 4 nitrogen and oxygen atoms in total. The van der Waals surface area contributed by atoms with Crippen molar-refractivity contribution in [2.24, 2.45) is 0 Å². The molecule has 1 unspecified atom stereocenters. The Morgan fingerprint density at radius 1 is 1.43 bits per heavy atom. The van der Waals surface area contributed by atoms with E-state index < -0.39 is 15.8 Å². The first-order chi connectivity index (χ1) is 9.87. The smallest absolute Gasteiger partial charge is 0.246 e. The van der Waals surface area contributed by atoms with Gasteiger partial charge in [-0.2, -0.15) is 4.31 Å². The van der Waals surface area contributed by atoms with Crippen molar-refractivity contribution in [3.63, 3.8) is 0 Å². The quantitative estimate of drug-likeness (QED) is 0.875. The molecule has 0 radical (unpaired) electrons. The summed E-state index contributed by atoms with van der Waals surface area (Å²) in [5.74, 6) is -0.662. The van der Waals surface area contributed by atoms with Crippen molar-refractivity contribution in [2.75, 3.05) is 13.6 Å². The van der Waals surface area contributed by atoms with Crippen LogP contribution >= 0.6 is 15.9 Å². The topological polar surface area (TPSA) is 49.4 Å². The van der Waals surface area contributed by atoms with Crippen molar-refractivity contribution < 1.29 is 12.8 Å². The summed E-state index contributed by atoms with van der Waals surface area (Å²) in [6.45, 7) is 2.61. The molecule has 1 N–H and O–H groups in total. The third-order valence-electron chi connectivity index (χ3n) is 3.78.